The van der Waals surface area contributed by atoms with Gasteiger partial charge in [-0.1, -0.05) is 0 Å². The van der Waals surface area contributed by atoms with Gasteiger partial charge in [0.1, 0.15) is 6.10 Å². The van der Waals surface area contributed by atoms with E-state index in [2.05, 4.69) is 4.52 Å². The molecule has 2 N–H and O–H groups in total. The maximum atomic E-state index is 9.71. The van der Waals surface area contributed by atoms with Crippen LogP contribution in [0.5, 0.6) is 0 Å². The summed E-state index contributed by atoms with van der Waals surface area (Å²) in [5.74, 6) is 0. The van der Waals surface area contributed by atoms with Crippen LogP contribution in [0.25, 0.3) is 0 Å². The van der Waals surface area contributed by atoms with Crippen molar-refractivity contribution in [3.63, 3.8) is 0 Å². The van der Waals surface area contributed by atoms with Crippen molar-refractivity contribution < 1.29 is 152 Å². The Labute approximate surface area is 175 Å². The maximum absolute atomic E-state index is 9.71. The number of hydrogen-bond donors (Lipinski definition) is 2. The predicted molar refractivity (Wildman–Crippen MR) is 26.7 cm³/mol. The topological polar surface area (TPSA) is 113 Å². The van der Waals surface area contributed by atoms with Crippen LogP contribution in [0.4, 0.5) is 0 Å². The molecule has 70 valence electrons. The zero-order valence-corrected chi connectivity index (χ0v) is 17.1. The summed E-state index contributed by atoms with van der Waals surface area (Å²) in [4.78, 5) is 19.4. The monoisotopic (exact) mass is 290 g/mol. The van der Waals surface area contributed by atoms with Crippen molar-refractivity contribution in [1.29, 1.82) is 0 Å². The average molecular weight is 291 g/mol. The zero-order chi connectivity index (χ0) is 8.20. The van der Waals surface area contributed by atoms with Crippen LogP contribution < -0.4 is 133 Å². The molecule has 0 aromatic rings. The first-order valence-corrected chi connectivity index (χ1v) is 3.87. The fourth-order valence-corrected chi connectivity index (χ4v) is 0.585. The molecule has 14 heavy (non-hydrogen) atoms. The molecule has 0 bridgehead atoms. The molecule has 1 atom stereocenters. The fraction of sp³-hybridized carbons (Fsp3) is 1.00. The summed E-state index contributed by atoms with van der Waals surface area (Å²) in [6, 6.07) is 0. The fourth-order valence-electron chi connectivity index (χ4n) is 0.230. The van der Waals surface area contributed by atoms with Gasteiger partial charge in [-0.15, -0.1) is 0 Å². The van der Waals surface area contributed by atoms with Crippen LogP contribution in [0.2, 0.25) is 0 Å². The Bertz CT molecular complexity index is 147. The van der Waals surface area contributed by atoms with Crippen LogP contribution in [0.15, 0.2) is 0 Å². The van der Waals surface area contributed by atoms with Crippen LogP contribution in [0, 0.1) is 0 Å². The molecule has 0 aromatic heterocycles. The van der Waals surface area contributed by atoms with Gasteiger partial charge in [-0.2, -0.15) is 0 Å². The Morgan fingerprint density at radius 2 is 1.71 bits per heavy atom. The Kier molecular flexibility index (Phi) is 37.2. The number of phosphoric acid groups is 1. The van der Waals surface area contributed by atoms with Gasteiger partial charge in [0.25, 0.3) is 0 Å². The van der Waals surface area contributed by atoms with Gasteiger partial charge in [0.05, 0.1) is 21.0 Å². The largest absolute Gasteiger partial charge is 1.00 e. The first-order valence-electron chi connectivity index (χ1n) is 2.41. The number of aliphatic hydroxyl groups is 2. The normalized spacial score (nSPS) is 10.9. The van der Waals surface area contributed by atoms with E-state index < -0.39 is 27.1 Å². The van der Waals surface area contributed by atoms with E-state index in [9.17, 15) is 14.4 Å². The molecule has 0 saturated carbocycles. The summed E-state index contributed by atoms with van der Waals surface area (Å²) < 4.78 is 13.3. The predicted octanol–water partition coefficient (Wildman–Crippen LogP) is -14.8. The molecule has 6 nitrogen and oxygen atoms in total. The second-order valence-electron chi connectivity index (χ2n) is 1.58. The molecule has 0 aliphatic heterocycles. The van der Waals surface area contributed by atoms with Crippen molar-refractivity contribution in [2.75, 3.05) is 13.2 Å². The van der Waals surface area contributed by atoms with Gasteiger partial charge in [0.15, 0.2) is 0 Å². The van der Waals surface area contributed by atoms with Gasteiger partial charge in [-0.05, 0) is 0 Å². The molecule has 0 aromatic carbocycles. The molecule has 0 spiro atoms. The minimum atomic E-state index is -5.00. The van der Waals surface area contributed by atoms with E-state index in [0.717, 1.165) is 0 Å². The second kappa shape index (κ2) is 17.0. The van der Waals surface area contributed by atoms with Gasteiger partial charge in [0.2, 0.25) is 0 Å². The molecule has 0 fully saturated rings. The summed E-state index contributed by atoms with van der Waals surface area (Å²) in [6.07, 6.45) is -1.32. The molecule has 0 rings (SSSR count). The quantitative estimate of drug-likeness (QED) is 0.393. The molecule has 0 aliphatic rings. The van der Waals surface area contributed by atoms with Crippen molar-refractivity contribution in [3.8, 4) is 0 Å². The molecule has 11 heteroatoms. The number of rotatable bonds is 4. The molecule has 0 heterocycles. The Hall–Kier alpha value is 3.96. The van der Waals surface area contributed by atoms with E-state index in [0.29, 0.717) is 0 Å². The SMILES string of the molecule is O=P([O-])([O-])OCC(O)CO.[Cl-].[K+].[Na+].[Na+]. The molecule has 0 radical (unpaired) electrons. The molecule has 0 saturated heterocycles. The molecular formula is C3H7ClKNa2O6P. The standard InChI is InChI=1S/C3H9O6P.ClH.K.2Na/c4-1-3(5)2-9-10(6,7)8;;;;/h3-5H,1-2H2,(H2,6,7,8);1H;;;/q;;3*+1/p-3. The van der Waals surface area contributed by atoms with Gasteiger partial charge in [-0.3, -0.25) is 0 Å². The van der Waals surface area contributed by atoms with Crippen molar-refractivity contribution in [2.24, 2.45) is 0 Å². The van der Waals surface area contributed by atoms with Gasteiger partial charge >= 0.3 is 110 Å². The van der Waals surface area contributed by atoms with Crippen molar-refractivity contribution in [2.45, 2.75) is 6.10 Å². The summed E-state index contributed by atoms with van der Waals surface area (Å²) >= 11 is 0. The van der Waals surface area contributed by atoms with Crippen molar-refractivity contribution in [1.82, 2.24) is 0 Å². The Morgan fingerprint density at radius 3 is 1.93 bits per heavy atom. The van der Waals surface area contributed by atoms with E-state index in [1.165, 1.54) is 0 Å². The van der Waals surface area contributed by atoms with Crippen LogP contribution in [-0.2, 0) is 9.09 Å². The Balaban J connectivity index is -0.0000000675. The molecular weight excluding hydrogens is 284 g/mol. The van der Waals surface area contributed by atoms with Crippen molar-refractivity contribution in [3.05, 3.63) is 0 Å². The van der Waals surface area contributed by atoms with Crippen LogP contribution in [0.3, 0.4) is 0 Å². The van der Waals surface area contributed by atoms with Crippen LogP contribution in [0.1, 0.15) is 0 Å². The maximum Gasteiger partial charge on any atom is 1.00 e. The van der Waals surface area contributed by atoms with Gasteiger partial charge in [0, 0.05) is 0 Å². The van der Waals surface area contributed by atoms with Crippen molar-refractivity contribution >= 4 is 7.82 Å². The van der Waals surface area contributed by atoms with Crippen LogP contribution in [-0.4, -0.2) is 29.5 Å². The summed E-state index contributed by atoms with van der Waals surface area (Å²) in [5.41, 5.74) is 0. The summed E-state index contributed by atoms with van der Waals surface area (Å²) in [7, 11) is -5.00. The number of hydrogen-bond acceptors (Lipinski definition) is 6. The second-order valence-corrected chi connectivity index (χ2v) is 2.73. The van der Waals surface area contributed by atoms with Gasteiger partial charge < -0.3 is 41.5 Å². The minimum absolute atomic E-state index is 0. The zero-order valence-electron chi connectivity index (χ0n) is 8.34. The molecule has 0 aliphatic carbocycles. The minimum Gasteiger partial charge on any atom is -1.00 e. The first kappa shape index (κ1) is 30.8. The van der Waals surface area contributed by atoms with E-state index in [4.69, 9.17) is 10.2 Å². The summed E-state index contributed by atoms with van der Waals surface area (Å²) in [5, 5.41) is 16.6. The number of aliphatic hydroxyl groups excluding tert-OH is 2. The van der Waals surface area contributed by atoms with E-state index in [1.807, 2.05) is 0 Å². The van der Waals surface area contributed by atoms with Crippen LogP contribution >= 0.6 is 7.82 Å². The van der Waals surface area contributed by atoms with E-state index in [-0.39, 0.29) is 123 Å². The third-order valence-electron chi connectivity index (χ3n) is 0.636. The summed E-state index contributed by atoms with van der Waals surface area (Å²) in [6.45, 7) is -1.33. The number of phosphoric ester groups is 1. The smallest absolute Gasteiger partial charge is 1.00 e. The van der Waals surface area contributed by atoms with E-state index >= 15 is 0 Å². The third kappa shape index (κ3) is 25.0. The Morgan fingerprint density at radius 1 is 1.36 bits per heavy atom. The first-order chi connectivity index (χ1) is 4.45. The molecule has 1 unspecified atom stereocenters. The average Bonchev–Trinajstić information content (AvgIpc) is 1.81. The third-order valence-corrected chi connectivity index (χ3v) is 1.10. The van der Waals surface area contributed by atoms with Gasteiger partial charge in [-0.25, -0.2) is 0 Å². The molecule has 0 amide bonds. The number of halogens is 1. The van der Waals surface area contributed by atoms with E-state index in [1.54, 1.807) is 0 Å².